The Bertz CT molecular complexity index is 393. The molecule has 0 unspecified atom stereocenters. The second kappa shape index (κ2) is 5.87. The highest BCUT2D eigenvalue weighted by atomic mass is 16.6. The third-order valence-electron chi connectivity index (χ3n) is 3.26. The smallest absolute Gasteiger partial charge is 0.410 e. The molecule has 1 fully saturated rings. The summed E-state index contributed by atoms with van der Waals surface area (Å²) in [6.45, 7) is 3.08. The number of aliphatic hydroxyl groups is 1. The van der Waals surface area contributed by atoms with E-state index in [1.807, 2.05) is 37.3 Å². The lowest BCUT2D eigenvalue weighted by molar-refractivity contribution is -0.0427. The molecule has 0 radical (unpaired) electrons. The zero-order valence-corrected chi connectivity index (χ0v) is 10.6. The van der Waals surface area contributed by atoms with Gasteiger partial charge in [0.25, 0.3) is 0 Å². The fourth-order valence-electron chi connectivity index (χ4n) is 2.12. The molecule has 2 rings (SSSR count). The van der Waals surface area contributed by atoms with Crippen LogP contribution in [0.15, 0.2) is 30.3 Å². The van der Waals surface area contributed by atoms with Crippen molar-refractivity contribution in [3.8, 4) is 0 Å². The van der Waals surface area contributed by atoms with E-state index >= 15 is 0 Å². The molecule has 2 atom stereocenters. The van der Waals surface area contributed by atoms with Gasteiger partial charge in [-0.1, -0.05) is 37.3 Å². The molecule has 0 aliphatic carbocycles. The lowest BCUT2D eigenvalue weighted by Gasteiger charge is -2.33. The van der Waals surface area contributed by atoms with E-state index in [-0.39, 0.29) is 12.2 Å². The van der Waals surface area contributed by atoms with Crippen LogP contribution in [0.5, 0.6) is 0 Å². The highest BCUT2D eigenvalue weighted by molar-refractivity contribution is 5.68. The summed E-state index contributed by atoms with van der Waals surface area (Å²) in [5.74, 6) is 0. The van der Waals surface area contributed by atoms with Gasteiger partial charge in [0, 0.05) is 19.5 Å². The molecule has 1 amide bonds. The van der Waals surface area contributed by atoms with Crippen LogP contribution in [0.1, 0.15) is 25.3 Å². The predicted molar refractivity (Wildman–Crippen MR) is 68.0 cm³/mol. The van der Waals surface area contributed by atoms with Crippen molar-refractivity contribution in [2.75, 3.05) is 6.54 Å². The van der Waals surface area contributed by atoms with Crippen LogP contribution in [0.3, 0.4) is 0 Å². The Labute approximate surface area is 107 Å². The first kappa shape index (κ1) is 12.9. The van der Waals surface area contributed by atoms with E-state index in [2.05, 4.69) is 0 Å². The SMILES string of the molecule is CC[C@@H](O)[C@H]1CCN(Cc2ccccc2)C(=O)O1. The van der Waals surface area contributed by atoms with Gasteiger partial charge < -0.3 is 14.7 Å². The third-order valence-corrected chi connectivity index (χ3v) is 3.26. The Morgan fingerprint density at radius 3 is 2.78 bits per heavy atom. The number of aliphatic hydroxyl groups excluding tert-OH is 1. The van der Waals surface area contributed by atoms with Gasteiger partial charge in [-0.15, -0.1) is 0 Å². The van der Waals surface area contributed by atoms with Gasteiger partial charge in [0.2, 0.25) is 0 Å². The highest BCUT2D eigenvalue weighted by Gasteiger charge is 2.30. The summed E-state index contributed by atoms with van der Waals surface area (Å²) in [7, 11) is 0. The minimum atomic E-state index is -0.548. The normalized spacial score (nSPS) is 21.6. The van der Waals surface area contributed by atoms with Crippen molar-refractivity contribution in [3.63, 3.8) is 0 Å². The molecule has 1 aliphatic rings. The largest absolute Gasteiger partial charge is 0.443 e. The number of carbonyl (C=O) groups is 1. The van der Waals surface area contributed by atoms with Crippen LogP contribution in [0.4, 0.5) is 4.79 Å². The van der Waals surface area contributed by atoms with E-state index in [9.17, 15) is 9.90 Å². The first-order valence-corrected chi connectivity index (χ1v) is 6.38. The Morgan fingerprint density at radius 1 is 1.44 bits per heavy atom. The number of benzene rings is 1. The number of hydrogen-bond donors (Lipinski definition) is 1. The van der Waals surface area contributed by atoms with Gasteiger partial charge in [0.1, 0.15) is 6.10 Å². The van der Waals surface area contributed by atoms with E-state index in [1.165, 1.54) is 0 Å². The summed E-state index contributed by atoms with van der Waals surface area (Å²) in [6, 6.07) is 9.83. The van der Waals surface area contributed by atoms with Crippen LogP contribution in [0.25, 0.3) is 0 Å². The van der Waals surface area contributed by atoms with Crippen molar-refractivity contribution in [1.82, 2.24) is 4.90 Å². The molecule has 1 saturated heterocycles. The van der Waals surface area contributed by atoms with E-state index < -0.39 is 6.10 Å². The van der Waals surface area contributed by atoms with Gasteiger partial charge in [0.15, 0.2) is 0 Å². The average molecular weight is 249 g/mol. The first-order valence-electron chi connectivity index (χ1n) is 6.38. The molecule has 0 aromatic heterocycles. The molecule has 4 heteroatoms. The zero-order valence-electron chi connectivity index (χ0n) is 10.6. The quantitative estimate of drug-likeness (QED) is 0.889. The van der Waals surface area contributed by atoms with Crippen LogP contribution in [0, 0.1) is 0 Å². The van der Waals surface area contributed by atoms with Crippen LogP contribution >= 0.6 is 0 Å². The third kappa shape index (κ3) is 3.01. The molecule has 1 aliphatic heterocycles. The predicted octanol–water partition coefficient (Wildman–Crippen LogP) is 2.17. The molecular weight excluding hydrogens is 230 g/mol. The summed E-state index contributed by atoms with van der Waals surface area (Å²) in [6.07, 6.45) is 0.0643. The van der Waals surface area contributed by atoms with Crippen molar-refractivity contribution in [1.29, 1.82) is 0 Å². The molecule has 1 N–H and O–H groups in total. The number of amides is 1. The summed E-state index contributed by atoms with van der Waals surface area (Å²) in [5.41, 5.74) is 1.09. The number of hydrogen-bond acceptors (Lipinski definition) is 3. The first-order chi connectivity index (χ1) is 8.70. The van der Waals surface area contributed by atoms with Gasteiger partial charge in [0.05, 0.1) is 6.10 Å². The minimum absolute atomic E-state index is 0.331. The van der Waals surface area contributed by atoms with Gasteiger partial charge in [-0.2, -0.15) is 0 Å². The molecular formula is C14H19NO3. The molecule has 1 heterocycles. The topological polar surface area (TPSA) is 49.8 Å². The fraction of sp³-hybridized carbons (Fsp3) is 0.500. The number of rotatable bonds is 4. The summed E-state index contributed by atoms with van der Waals surface area (Å²) < 4.78 is 5.26. The van der Waals surface area contributed by atoms with Gasteiger partial charge in [-0.05, 0) is 12.0 Å². The lowest BCUT2D eigenvalue weighted by atomic mass is 10.1. The average Bonchev–Trinajstić information content (AvgIpc) is 2.41. The molecule has 4 nitrogen and oxygen atoms in total. The monoisotopic (exact) mass is 249 g/mol. The second-order valence-corrected chi connectivity index (χ2v) is 4.59. The van der Waals surface area contributed by atoms with E-state index in [4.69, 9.17) is 4.74 Å². The Balaban J connectivity index is 1.92. The van der Waals surface area contributed by atoms with Crippen LogP contribution in [0.2, 0.25) is 0 Å². The Morgan fingerprint density at radius 2 is 2.17 bits per heavy atom. The standard InChI is InChI=1S/C14H19NO3/c1-2-12(16)13-8-9-15(14(17)18-13)10-11-6-4-3-5-7-11/h3-7,12-13,16H,2,8-10H2,1H3/t12-,13-/m1/s1. The summed E-state index contributed by atoms with van der Waals surface area (Å²) in [5, 5.41) is 9.68. The Hall–Kier alpha value is -1.55. The summed E-state index contributed by atoms with van der Waals surface area (Å²) in [4.78, 5) is 13.5. The van der Waals surface area contributed by atoms with Gasteiger partial charge >= 0.3 is 6.09 Å². The number of carbonyl (C=O) groups excluding carboxylic acids is 1. The van der Waals surface area contributed by atoms with Gasteiger partial charge in [-0.25, -0.2) is 4.79 Å². The van der Waals surface area contributed by atoms with Crippen molar-refractivity contribution in [2.45, 2.75) is 38.5 Å². The van der Waals surface area contributed by atoms with Crippen LogP contribution in [-0.2, 0) is 11.3 Å². The molecule has 0 spiro atoms. The Kier molecular flexibility index (Phi) is 4.20. The summed E-state index contributed by atoms with van der Waals surface area (Å²) >= 11 is 0. The van der Waals surface area contributed by atoms with Crippen molar-refractivity contribution >= 4 is 6.09 Å². The van der Waals surface area contributed by atoms with Crippen molar-refractivity contribution in [2.24, 2.45) is 0 Å². The van der Waals surface area contributed by atoms with Gasteiger partial charge in [-0.3, -0.25) is 0 Å². The van der Waals surface area contributed by atoms with Crippen LogP contribution < -0.4 is 0 Å². The van der Waals surface area contributed by atoms with E-state index in [0.717, 1.165) is 5.56 Å². The maximum atomic E-state index is 11.8. The molecule has 0 saturated carbocycles. The fourth-order valence-corrected chi connectivity index (χ4v) is 2.12. The molecule has 0 bridgehead atoms. The van der Waals surface area contributed by atoms with Crippen molar-refractivity contribution < 1.29 is 14.6 Å². The molecule has 98 valence electrons. The minimum Gasteiger partial charge on any atom is -0.443 e. The van der Waals surface area contributed by atoms with E-state index in [1.54, 1.807) is 4.90 Å². The zero-order chi connectivity index (χ0) is 13.0. The number of nitrogens with zero attached hydrogens (tertiary/aromatic N) is 1. The maximum absolute atomic E-state index is 11.8. The van der Waals surface area contributed by atoms with Crippen molar-refractivity contribution in [3.05, 3.63) is 35.9 Å². The molecule has 1 aromatic rings. The highest BCUT2D eigenvalue weighted by Crippen LogP contribution is 2.18. The number of cyclic esters (lactones) is 1. The molecule has 1 aromatic carbocycles. The van der Waals surface area contributed by atoms with Crippen LogP contribution in [-0.4, -0.2) is 34.9 Å². The van der Waals surface area contributed by atoms with E-state index in [0.29, 0.717) is 25.9 Å². The number of ether oxygens (including phenoxy) is 1. The second-order valence-electron chi connectivity index (χ2n) is 4.59. The lowest BCUT2D eigenvalue weighted by Crippen LogP contribution is -2.45. The molecule has 18 heavy (non-hydrogen) atoms. The maximum Gasteiger partial charge on any atom is 0.410 e.